The van der Waals surface area contributed by atoms with Crippen molar-refractivity contribution < 1.29 is 30.5 Å². The Hall–Kier alpha value is -0.620. The summed E-state index contributed by atoms with van der Waals surface area (Å²) in [6, 6.07) is 6.85. The highest BCUT2D eigenvalue weighted by molar-refractivity contribution is 7.91. The number of halogens is 2. The van der Waals surface area contributed by atoms with Gasteiger partial charge in [-0.15, -0.1) is 0 Å². The molecule has 7 heteroatoms. The molecule has 0 atom stereocenters. The predicted molar refractivity (Wildman–Crippen MR) is 74.6 cm³/mol. The number of Topliss-reactive ketones (excluding diaryl/α,β-unsaturated/α-hetero) is 1. The van der Waals surface area contributed by atoms with Gasteiger partial charge < -0.3 is 17.3 Å². The van der Waals surface area contributed by atoms with Crippen LogP contribution in [0.25, 0.3) is 0 Å². The molecule has 0 radical (unpaired) electrons. The van der Waals surface area contributed by atoms with Crippen molar-refractivity contribution in [3.05, 3.63) is 34.9 Å². The van der Waals surface area contributed by atoms with Crippen molar-refractivity contribution in [2.45, 2.75) is 6.42 Å². The Balaban J connectivity index is 0.00000200. The van der Waals surface area contributed by atoms with Gasteiger partial charge in [-0.05, 0) is 24.3 Å². The molecule has 0 saturated carbocycles. The van der Waals surface area contributed by atoms with Gasteiger partial charge in [-0.2, -0.15) is 0 Å². The van der Waals surface area contributed by atoms with E-state index < -0.39 is 9.84 Å². The van der Waals surface area contributed by atoms with Crippen LogP contribution in [0.4, 0.5) is 0 Å². The van der Waals surface area contributed by atoms with Crippen LogP contribution in [0.5, 0.6) is 0 Å². The lowest BCUT2D eigenvalue weighted by molar-refractivity contribution is -0.895. The Kier molecular flexibility index (Phi) is 6.45. The Morgan fingerprint density at radius 1 is 1.15 bits per heavy atom. The first-order valence-electron chi connectivity index (χ1n) is 6.29. The maximum Gasteiger partial charge on any atom is 0.168 e. The fourth-order valence-electron chi connectivity index (χ4n) is 2.15. The van der Waals surface area contributed by atoms with Gasteiger partial charge in [-0.3, -0.25) is 4.79 Å². The van der Waals surface area contributed by atoms with Crippen LogP contribution >= 0.6 is 11.6 Å². The molecule has 0 aliphatic carbocycles. The summed E-state index contributed by atoms with van der Waals surface area (Å²) in [4.78, 5) is 13.1. The van der Waals surface area contributed by atoms with Crippen LogP contribution in [0.3, 0.4) is 0 Å². The third-order valence-electron chi connectivity index (χ3n) is 3.41. The standard InChI is InChI=1S/C13H16ClNO3S.ClH/c14-12-3-1-11(2-4-12)13(16)5-6-15-7-9-19(17,18)10-8-15;/h1-4H,5-10H2;1H. The minimum absolute atomic E-state index is 0. The van der Waals surface area contributed by atoms with Gasteiger partial charge in [0.2, 0.25) is 0 Å². The van der Waals surface area contributed by atoms with Gasteiger partial charge in [-0.25, -0.2) is 8.42 Å². The monoisotopic (exact) mass is 337 g/mol. The predicted octanol–water partition coefficient (Wildman–Crippen LogP) is -2.77. The maximum absolute atomic E-state index is 12.0. The van der Waals surface area contributed by atoms with E-state index in [2.05, 4.69) is 0 Å². The summed E-state index contributed by atoms with van der Waals surface area (Å²) in [6.45, 7) is 1.91. The summed E-state index contributed by atoms with van der Waals surface area (Å²) < 4.78 is 22.6. The van der Waals surface area contributed by atoms with Gasteiger partial charge in [-0.1, -0.05) is 11.6 Å². The first kappa shape index (κ1) is 17.4. The van der Waals surface area contributed by atoms with Gasteiger partial charge in [0.25, 0.3) is 0 Å². The number of carbonyl (C=O) groups excluding carboxylic acids is 1. The van der Waals surface area contributed by atoms with Crippen LogP contribution in [0.1, 0.15) is 16.8 Å². The quantitative estimate of drug-likeness (QED) is 0.605. The molecule has 2 rings (SSSR count). The number of nitrogens with one attached hydrogen (secondary N) is 1. The van der Waals surface area contributed by atoms with E-state index in [4.69, 9.17) is 11.6 Å². The highest BCUT2D eigenvalue weighted by Crippen LogP contribution is 2.10. The Labute approximate surface area is 130 Å². The molecule has 0 bridgehead atoms. The molecular formula is C13H17Cl2NO3S. The first-order valence-corrected chi connectivity index (χ1v) is 8.49. The molecule has 1 N–H and O–H groups in total. The molecule has 1 aliphatic rings. The molecule has 0 amide bonds. The number of quaternary nitrogens is 1. The minimum Gasteiger partial charge on any atom is -1.00 e. The fourth-order valence-corrected chi connectivity index (χ4v) is 3.68. The van der Waals surface area contributed by atoms with Crippen LogP contribution in [0.2, 0.25) is 5.02 Å². The number of ketones is 1. The van der Waals surface area contributed by atoms with Crippen molar-refractivity contribution in [2.24, 2.45) is 0 Å². The van der Waals surface area contributed by atoms with E-state index in [-0.39, 0.29) is 29.7 Å². The number of benzene rings is 1. The van der Waals surface area contributed by atoms with Gasteiger partial charge in [0.15, 0.2) is 15.6 Å². The second-order valence-corrected chi connectivity index (χ2v) is 7.57. The summed E-state index contributed by atoms with van der Waals surface area (Å²) in [5, 5.41) is 0.614. The van der Waals surface area contributed by atoms with E-state index >= 15 is 0 Å². The molecule has 20 heavy (non-hydrogen) atoms. The van der Waals surface area contributed by atoms with Gasteiger partial charge in [0, 0.05) is 10.6 Å². The highest BCUT2D eigenvalue weighted by Gasteiger charge is 2.24. The zero-order valence-electron chi connectivity index (χ0n) is 10.9. The lowest BCUT2D eigenvalue weighted by Gasteiger charge is -2.23. The average molecular weight is 338 g/mol. The van der Waals surface area contributed by atoms with Gasteiger partial charge in [0.1, 0.15) is 0 Å². The molecule has 1 heterocycles. The van der Waals surface area contributed by atoms with Crippen LogP contribution in [0, 0.1) is 0 Å². The molecule has 0 unspecified atom stereocenters. The molecular weight excluding hydrogens is 321 g/mol. The summed E-state index contributed by atoms with van der Waals surface area (Å²) in [5.41, 5.74) is 0.661. The van der Waals surface area contributed by atoms with Crippen LogP contribution in [-0.2, 0) is 9.84 Å². The molecule has 1 fully saturated rings. The van der Waals surface area contributed by atoms with Crippen molar-refractivity contribution >= 4 is 27.2 Å². The lowest BCUT2D eigenvalue weighted by atomic mass is 10.1. The van der Waals surface area contributed by atoms with E-state index in [1.807, 2.05) is 0 Å². The number of hydrogen-bond donors (Lipinski definition) is 1. The minimum atomic E-state index is -2.83. The van der Waals surface area contributed by atoms with E-state index in [1.165, 1.54) is 4.90 Å². The molecule has 112 valence electrons. The molecule has 1 saturated heterocycles. The van der Waals surface area contributed by atoms with Crippen molar-refractivity contribution in [3.63, 3.8) is 0 Å². The molecule has 1 aliphatic heterocycles. The summed E-state index contributed by atoms with van der Waals surface area (Å²) in [6.07, 6.45) is 0.441. The van der Waals surface area contributed by atoms with Gasteiger partial charge in [0.05, 0.1) is 37.6 Å². The second-order valence-electron chi connectivity index (χ2n) is 4.83. The first-order chi connectivity index (χ1) is 8.96. The van der Waals surface area contributed by atoms with Crippen LogP contribution < -0.4 is 17.3 Å². The molecule has 1 aromatic rings. The van der Waals surface area contributed by atoms with E-state index in [0.717, 1.165) is 0 Å². The molecule has 1 aromatic carbocycles. The normalized spacial score (nSPS) is 18.2. The van der Waals surface area contributed by atoms with Gasteiger partial charge >= 0.3 is 0 Å². The largest absolute Gasteiger partial charge is 1.00 e. The van der Waals surface area contributed by atoms with E-state index in [1.54, 1.807) is 24.3 Å². The van der Waals surface area contributed by atoms with Crippen molar-refractivity contribution in [2.75, 3.05) is 31.1 Å². The fraction of sp³-hybridized carbons (Fsp3) is 0.462. The third kappa shape index (κ3) is 5.05. The van der Waals surface area contributed by atoms with E-state index in [9.17, 15) is 13.2 Å². The number of sulfone groups is 1. The van der Waals surface area contributed by atoms with Crippen molar-refractivity contribution in [3.8, 4) is 0 Å². The number of rotatable bonds is 4. The number of carbonyl (C=O) groups is 1. The third-order valence-corrected chi connectivity index (χ3v) is 5.31. The van der Waals surface area contributed by atoms with Crippen LogP contribution in [0.15, 0.2) is 24.3 Å². The molecule has 4 nitrogen and oxygen atoms in total. The van der Waals surface area contributed by atoms with Crippen molar-refractivity contribution in [1.82, 2.24) is 0 Å². The highest BCUT2D eigenvalue weighted by atomic mass is 35.5. The topological polar surface area (TPSA) is 55.6 Å². The Bertz CT molecular complexity index is 543. The summed E-state index contributed by atoms with van der Waals surface area (Å²) in [7, 11) is -2.83. The molecule has 0 spiro atoms. The molecule has 0 aromatic heterocycles. The summed E-state index contributed by atoms with van der Waals surface area (Å²) >= 11 is 5.77. The summed E-state index contributed by atoms with van der Waals surface area (Å²) in [5.74, 6) is 0.548. The SMILES string of the molecule is O=C(CC[NH+]1CCS(=O)(=O)CC1)c1ccc(Cl)cc1.[Cl-]. The maximum atomic E-state index is 12.0. The van der Waals surface area contributed by atoms with Crippen molar-refractivity contribution in [1.29, 1.82) is 0 Å². The smallest absolute Gasteiger partial charge is 0.168 e. The Morgan fingerprint density at radius 3 is 2.25 bits per heavy atom. The zero-order chi connectivity index (χ0) is 13.9. The zero-order valence-corrected chi connectivity index (χ0v) is 13.3. The lowest BCUT2D eigenvalue weighted by Crippen LogP contribution is -3.14. The second kappa shape index (κ2) is 7.41. The Morgan fingerprint density at radius 2 is 1.70 bits per heavy atom. The average Bonchev–Trinajstić information content (AvgIpc) is 2.38. The van der Waals surface area contributed by atoms with E-state index in [0.29, 0.717) is 36.6 Å². The van der Waals surface area contributed by atoms with Crippen LogP contribution in [-0.4, -0.2) is 45.3 Å². The number of hydrogen-bond acceptors (Lipinski definition) is 3.